The summed E-state index contributed by atoms with van der Waals surface area (Å²) in [5.41, 5.74) is 0.248. The summed E-state index contributed by atoms with van der Waals surface area (Å²) in [6, 6.07) is 5.75. The minimum atomic E-state index is -1.26. The summed E-state index contributed by atoms with van der Waals surface area (Å²) in [7, 11) is 0. The fourth-order valence-corrected chi connectivity index (χ4v) is 2.80. The third kappa shape index (κ3) is 1.29. The molecule has 1 spiro atoms. The van der Waals surface area contributed by atoms with Gasteiger partial charge in [0.1, 0.15) is 6.04 Å². The first-order chi connectivity index (χ1) is 8.54. The molecule has 1 aromatic carbocycles. The van der Waals surface area contributed by atoms with Crippen molar-refractivity contribution in [2.45, 2.75) is 17.9 Å². The Balaban J connectivity index is 2.07. The van der Waals surface area contributed by atoms with Gasteiger partial charge in [0.2, 0.25) is 5.91 Å². The first-order valence-corrected chi connectivity index (χ1v) is 5.61. The third-order valence-corrected chi connectivity index (χ3v) is 3.71. The summed E-state index contributed by atoms with van der Waals surface area (Å²) in [5, 5.41) is 11.9. The molecule has 94 valence electrons. The summed E-state index contributed by atoms with van der Waals surface area (Å²) >= 11 is 0. The van der Waals surface area contributed by atoms with Gasteiger partial charge in [0.25, 0.3) is 0 Å². The van der Waals surface area contributed by atoms with Crippen LogP contribution in [0, 0.1) is 0 Å². The molecule has 1 saturated heterocycles. The number of rotatable bonds is 1. The van der Waals surface area contributed by atoms with Gasteiger partial charge in [-0.3, -0.25) is 9.59 Å². The molecule has 0 aliphatic carbocycles. The number of carbonyl (C=O) groups is 2. The normalized spacial score (nSPS) is 30.5. The Bertz CT molecular complexity index is 548. The monoisotopic (exact) mass is 250 g/mol. The summed E-state index contributed by atoms with van der Waals surface area (Å²) in [4.78, 5) is 23.0. The molecule has 2 atom stereocenters. The molecule has 2 heterocycles. The van der Waals surface area contributed by atoms with E-state index in [4.69, 9.17) is 5.11 Å². The number of hydrogen-bond donors (Lipinski definition) is 2. The van der Waals surface area contributed by atoms with Crippen LogP contribution in [0.3, 0.4) is 0 Å². The van der Waals surface area contributed by atoms with Crippen molar-refractivity contribution in [1.29, 1.82) is 0 Å². The van der Waals surface area contributed by atoms with Crippen LogP contribution in [0.2, 0.25) is 0 Å². The molecule has 2 aliphatic heterocycles. The van der Waals surface area contributed by atoms with Crippen LogP contribution in [0.4, 0.5) is 10.2 Å². The maximum atomic E-state index is 13.7. The molecule has 2 unspecified atom stereocenters. The highest BCUT2D eigenvalue weighted by molar-refractivity contribution is 6.07. The number of carbonyl (C=O) groups excluding carboxylic acids is 1. The summed E-state index contributed by atoms with van der Waals surface area (Å²) in [5.74, 6) is -1.57. The van der Waals surface area contributed by atoms with Crippen LogP contribution >= 0.6 is 0 Å². The van der Waals surface area contributed by atoms with E-state index in [1.807, 2.05) is 0 Å². The molecular formula is C12H11FN2O3. The highest BCUT2D eigenvalue weighted by atomic mass is 19.2. The van der Waals surface area contributed by atoms with Crippen molar-refractivity contribution < 1.29 is 19.2 Å². The van der Waals surface area contributed by atoms with Gasteiger partial charge in [0.15, 0.2) is 0 Å². The van der Waals surface area contributed by atoms with E-state index in [2.05, 4.69) is 5.32 Å². The molecule has 3 rings (SSSR count). The van der Waals surface area contributed by atoms with Crippen molar-refractivity contribution in [3.05, 3.63) is 29.8 Å². The first kappa shape index (κ1) is 11.2. The van der Waals surface area contributed by atoms with E-state index < -0.39 is 17.4 Å². The molecule has 0 radical (unpaired) electrons. The van der Waals surface area contributed by atoms with E-state index in [0.717, 1.165) is 0 Å². The molecule has 2 N–H and O–H groups in total. The molecular weight excluding hydrogens is 239 g/mol. The molecule has 2 aliphatic rings. The van der Waals surface area contributed by atoms with Gasteiger partial charge in [-0.15, -0.1) is 9.60 Å². The number of nitrogens with one attached hydrogen (secondary N) is 1. The Kier molecular flexibility index (Phi) is 2.18. The predicted molar refractivity (Wildman–Crippen MR) is 60.6 cm³/mol. The van der Waals surface area contributed by atoms with E-state index in [0.29, 0.717) is 11.3 Å². The van der Waals surface area contributed by atoms with Gasteiger partial charge in [0, 0.05) is 12.2 Å². The number of anilines is 1. The summed E-state index contributed by atoms with van der Waals surface area (Å²) in [6.45, 7) is -0.215. The number of benzene rings is 1. The van der Waals surface area contributed by atoms with Crippen LogP contribution in [0.15, 0.2) is 24.3 Å². The Morgan fingerprint density at radius 2 is 2.22 bits per heavy atom. The number of carboxylic acid groups (broad SMARTS) is 1. The Hall–Kier alpha value is -1.95. The Morgan fingerprint density at radius 1 is 1.50 bits per heavy atom. The second-order valence-corrected chi connectivity index (χ2v) is 4.70. The maximum Gasteiger partial charge on any atom is 0.323 e. The fraction of sp³-hybridized carbons (Fsp3) is 0.333. The average molecular weight is 250 g/mol. The van der Waals surface area contributed by atoms with Gasteiger partial charge in [0.05, 0.1) is 5.41 Å². The lowest BCUT2D eigenvalue weighted by Crippen LogP contribution is -2.36. The number of carboxylic acids is 1. The molecule has 6 heteroatoms. The summed E-state index contributed by atoms with van der Waals surface area (Å²) < 4.78 is 13.7. The van der Waals surface area contributed by atoms with Crippen LogP contribution in [0.5, 0.6) is 0 Å². The number of aliphatic carboxylic acids is 1. The molecule has 0 aromatic heterocycles. The molecule has 5 nitrogen and oxygen atoms in total. The predicted octanol–water partition coefficient (Wildman–Crippen LogP) is 0.920. The van der Waals surface area contributed by atoms with E-state index in [9.17, 15) is 14.1 Å². The molecule has 1 amide bonds. The zero-order chi connectivity index (χ0) is 12.9. The number of nitrogens with zero attached hydrogens (tertiary/aromatic N) is 1. The average Bonchev–Trinajstić information content (AvgIpc) is 2.81. The Labute approximate surface area is 102 Å². The van der Waals surface area contributed by atoms with Gasteiger partial charge in [-0.25, -0.2) is 0 Å². The Morgan fingerprint density at radius 3 is 2.89 bits per heavy atom. The minimum absolute atomic E-state index is 0.0400. The van der Waals surface area contributed by atoms with Crippen molar-refractivity contribution in [1.82, 2.24) is 5.12 Å². The molecule has 0 saturated carbocycles. The number of fused-ring (bicyclic) bond motifs is 2. The van der Waals surface area contributed by atoms with Crippen LogP contribution in [0.1, 0.15) is 12.0 Å². The van der Waals surface area contributed by atoms with Gasteiger partial charge in [-0.2, -0.15) is 0 Å². The van der Waals surface area contributed by atoms with Crippen molar-refractivity contribution in [3.63, 3.8) is 0 Å². The van der Waals surface area contributed by atoms with Crippen LogP contribution in [0.25, 0.3) is 0 Å². The second kappa shape index (κ2) is 3.52. The lowest BCUT2D eigenvalue weighted by Gasteiger charge is -2.19. The van der Waals surface area contributed by atoms with Crippen molar-refractivity contribution in [3.8, 4) is 0 Å². The summed E-state index contributed by atoms with van der Waals surface area (Å²) in [6.07, 6.45) is -0.0400. The van der Waals surface area contributed by atoms with Gasteiger partial charge in [-0.1, -0.05) is 18.2 Å². The number of hydrogen-bond acceptors (Lipinski definition) is 3. The standard InChI is InChI=1S/C12H11FN2O3/c13-15-6-12(5-9(15)10(16)17)7-3-1-2-4-8(7)14-11(12)18/h1-4,9H,5-6H2,(H,14,18)(H,16,17). The maximum absolute atomic E-state index is 13.7. The van der Waals surface area contributed by atoms with Crippen LogP contribution < -0.4 is 5.32 Å². The van der Waals surface area contributed by atoms with E-state index in [1.54, 1.807) is 24.3 Å². The fourth-order valence-electron chi connectivity index (χ4n) is 2.80. The quantitative estimate of drug-likeness (QED) is 0.727. The van der Waals surface area contributed by atoms with Crippen LogP contribution in [-0.4, -0.2) is 34.7 Å². The first-order valence-electron chi connectivity index (χ1n) is 5.61. The van der Waals surface area contributed by atoms with Crippen molar-refractivity contribution in [2.24, 2.45) is 0 Å². The molecule has 0 bridgehead atoms. The largest absolute Gasteiger partial charge is 0.480 e. The van der Waals surface area contributed by atoms with Gasteiger partial charge in [-0.05, 0) is 18.1 Å². The lowest BCUT2D eigenvalue weighted by atomic mass is 9.79. The zero-order valence-corrected chi connectivity index (χ0v) is 9.39. The minimum Gasteiger partial charge on any atom is -0.480 e. The van der Waals surface area contributed by atoms with Crippen molar-refractivity contribution >= 4 is 17.6 Å². The van der Waals surface area contributed by atoms with Crippen molar-refractivity contribution in [2.75, 3.05) is 11.9 Å². The number of halogens is 1. The SMILES string of the molecule is O=C(O)C1CC2(CN1F)C(=O)Nc1ccccc12. The molecule has 1 aromatic rings. The van der Waals surface area contributed by atoms with Gasteiger partial charge >= 0.3 is 5.97 Å². The van der Waals surface area contributed by atoms with Gasteiger partial charge < -0.3 is 10.4 Å². The van der Waals surface area contributed by atoms with E-state index in [-0.39, 0.29) is 24.0 Å². The zero-order valence-electron chi connectivity index (χ0n) is 9.39. The topological polar surface area (TPSA) is 69.6 Å². The third-order valence-electron chi connectivity index (χ3n) is 3.71. The van der Waals surface area contributed by atoms with E-state index >= 15 is 0 Å². The van der Waals surface area contributed by atoms with Crippen LogP contribution in [-0.2, 0) is 15.0 Å². The highest BCUT2D eigenvalue weighted by Crippen LogP contribution is 2.46. The smallest absolute Gasteiger partial charge is 0.323 e. The lowest BCUT2D eigenvalue weighted by molar-refractivity contribution is -0.148. The number of amides is 1. The number of para-hydroxylation sites is 1. The van der Waals surface area contributed by atoms with E-state index in [1.165, 1.54) is 0 Å². The molecule has 1 fully saturated rings. The second-order valence-electron chi connectivity index (χ2n) is 4.70. The molecule has 18 heavy (non-hydrogen) atoms. The highest BCUT2D eigenvalue weighted by Gasteiger charge is 2.56.